The molecule has 3 rings (SSSR count). The van der Waals surface area contributed by atoms with E-state index in [2.05, 4.69) is 29.6 Å². The number of anilines is 1. The second kappa shape index (κ2) is 5.49. The van der Waals surface area contributed by atoms with Crippen molar-refractivity contribution < 1.29 is 9.15 Å². The summed E-state index contributed by atoms with van der Waals surface area (Å²) >= 11 is 0. The van der Waals surface area contributed by atoms with E-state index >= 15 is 0 Å². The van der Waals surface area contributed by atoms with Crippen LogP contribution >= 0.6 is 0 Å². The van der Waals surface area contributed by atoms with Crippen LogP contribution < -0.4 is 5.32 Å². The Balaban J connectivity index is 1.83. The zero-order valence-corrected chi connectivity index (χ0v) is 11.2. The number of ether oxygens (including phenoxy) is 1. The van der Waals surface area contributed by atoms with Crippen LogP contribution in [0, 0.1) is 0 Å². The molecule has 1 heterocycles. The number of hydrogen-bond acceptors (Lipinski definition) is 3. The Morgan fingerprint density at radius 3 is 3.11 bits per heavy atom. The van der Waals surface area contributed by atoms with Crippen LogP contribution in [0.25, 0.3) is 0 Å². The van der Waals surface area contributed by atoms with Gasteiger partial charge in [-0.1, -0.05) is 18.2 Å². The zero-order chi connectivity index (χ0) is 13.1. The van der Waals surface area contributed by atoms with Crippen LogP contribution in [0.2, 0.25) is 0 Å². The Hall–Kier alpha value is -1.74. The number of hydrogen-bond donors (Lipinski definition) is 1. The molecule has 1 N–H and O–H groups in total. The molecule has 0 spiro atoms. The number of methoxy groups -OCH3 is 1. The third-order valence-electron chi connectivity index (χ3n) is 3.70. The molecule has 2 aromatic rings. The minimum Gasteiger partial charge on any atom is -0.469 e. The molecule has 3 heteroatoms. The second-order valence-corrected chi connectivity index (χ2v) is 4.98. The van der Waals surface area contributed by atoms with Crippen molar-refractivity contribution in [3.8, 4) is 0 Å². The summed E-state index contributed by atoms with van der Waals surface area (Å²) in [5.41, 5.74) is 3.66. The summed E-state index contributed by atoms with van der Waals surface area (Å²) in [7, 11) is 1.73. The predicted molar refractivity (Wildman–Crippen MR) is 75.2 cm³/mol. The topological polar surface area (TPSA) is 34.4 Å². The maximum Gasteiger partial charge on any atom is 0.109 e. The lowest BCUT2D eigenvalue weighted by atomic mass is 9.93. The van der Waals surface area contributed by atoms with E-state index < -0.39 is 0 Å². The molecule has 1 aliphatic rings. The summed E-state index contributed by atoms with van der Waals surface area (Å²) in [6, 6.07) is 10.8. The van der Waals surface area contributed by atoms with E-state index in [1.165, 1.54) is 17.5 Å². The van der Waals surface area contributed by atoms with E-state index in [0.29, 0.717) is 12.6 Å². The average Bonchev–Trinajstić information content (AvgIpc) is 2.91. The van der Waals surface area contributed by atoms with Gasteiger partial charge in [-0.05, 0) is 25.0 Å². The number of benzene rings is 1. The first kappa shape index (κ1) is 12.3. The fourth-order valence-electron chi connectivity index (χ4n) is 2.77. The largest absolute Gasteiger partial charge is 0.469 e. The van der Waals surface area contributed by atoms with E-state index in [-0.39, 0.29) is 0 Å². The Labute approximate surface area is 113 Å². The van der Waals surface area contributed by atoms with Gasteiger partial charge in [0, 0.05) is 30.3 Å². The lowest BCUT2D eigenvalue weighted by Gasteiger charge is -2.25. The highest BCUT2D eigenvalue weighted by molar-refractivity contribution is 5.53. The summed E-state index contributed by atoms with van der Waals surface area (Å²) in [5, 5.41) is 3.64. The van der Waals surface area contributed by atoms with Crippen LogP contribution in [0.15, 0.2) is 41.0 Å². The number of para-hydroxylation sites is 1. The van der Waals surface area contributed by atoms with Crippen LogP contribution in [0.3, 0.4) is 0 Å². The molecule has 1 unspecified atom stereocenters. The Bertz CT molecular complexity index is 547. The minimum atomic E-state index is 0.348. The van der Waals surface area contributed by atoms with Gasteiger partial charge >= 0.3 is 0 Å². The molecule has 3 nitrogen and oxygen atoms in total. The van der Waals surface area contributed by atoms with E-state index in [1.54, 1.807) is 13.4 Å². The average molecular weight is 257 g/mol. The predicted octanol–water partition coefficient (Wildman–Crippen LogP) is 3.92. The monoisotopic (exact) mass is 257 g/mol. The first-order chi connectivity index (χ1) is 9.38. The van der Waals surface area contributed by atoms with Crippen molar-refractivity contribution in [2.75, 3.05) is 12.4 Å². The van der Waals surface area contributed by atoms with Crippen molar-refractivity contribution in [3.05, 3.63) is 53.5 Å². The van der Waals surface area contributed by atoms with E-state index in [4.69, 9.17) is 9.15 Å². The highest BCUT2D eigenvalue weighted by Gasteiger charge is 2.22. The van der Waals surface area contributed by atoms with Gasteiger partial charge in [0.1, 0.15) is 5.76 Å². The molecule has 1 aliphatic carbocycles. The molecule has 0 radical (unpaired) electrons. The first-order valence-electron chi connectivity index (χ1n) is 6.78. The summed E-state index contributed by atoms with van der Waals surface area (Å²) < 4.78 is 10.8. The number of fused-ring (bicyclic) bond motifs is 1. The Morgan fingerprint density at radius 2 is 2.21 bits per heavy atom. The lowest BCUT2D eigenvalue weighted by Crippen LogP contribution is -2.16. The third kappa shape index (κ3) is 2.51. The van der Waals surface area contributed by atoms with Crippen LogP contribution in [0.4, 0.5) is 5.69 Å². The standard InChI is InChI=1S/C16H19NO2/c1-18-11-12-5-2-3-6-14(12)17-15-7-4-8-16-13(15)9-10-19-16/h2-3,5-6,9-10,15,17H,4,7-8,11H2,1H3. The fourth-order valence-corrected chi connectivity index (χ4v) is 2.77. The molecule has 1 atom stereocenters. The van der Waals surface area contributed by atoms with Crippen molar-refractivity contribution in [2.45, 2.75) is 31.9 Å². The number of rotatable bonds is 4. The molecule has 0 fully saturated rings. The van der Waals surface area contributed by atoms with Crippen LogP contribution in [-0.2, 0) is 17.8 Å². The molecule has 0 bridgehead atoms. The van der Waals surface area contributed by atoms with Gasteiger partial charge in [-0.2, -0.15) is 0 Å². The molecule has 0 saturated heterocycles. The third-order valence-corrected chi connectivity index (χ3v) is 3.70. The van der Waals surface area contributed by atoms with E-state index in [9.17, 15) is 0 Å². The highest BCUT2D eigenvalue weighted by Crippen LogP contribution is 2.34. The molecule has 0 saturated carbocycles. The molecule has 0 aliphatic heterocycles. The first-order valence-corrected chi connectivity index (χ1v) is 6.78. The number of furan rings is 1. The van der Waals surface area contributed by atoms with Crippen molar-refractivity contribution in [3.63, 3.8) is 0 Å². The molecule has 100 valence electrons. The minimum absolute atomic E-state index is 0.348. The number of nitrogens with one attached hydrogen (secondary N) is 1. The van der Waals surface area contributed by atoms with E-state index in [0.717, 1.165) is 24.3 Å². The van der Waals surface area contributed by atoms with Crippen molar-refractivity contribution in [1.82, 2.24) is 0 Å². The van der Waals surface area contributed by atoms with Crippen LogP contribution in [-0.4, -0.2) is 7.11 Å². The van der Waals surface area contributed by atoms with Crippen molar-refractivity contribution in [2.24, 2.45) is 0 Å². The van der Waals surface area contributed by atoms with Crippen LogP contribution in [0.1, 0.15) is 35.8 Å². The van der Waals surface area contributed by atoms with Gasteiger partial charge in [-0.3, -0.25) is 0 Å². The molecule has 19 heavy (non-hydrogen) atoms. The zero-order valence-electron chi connectivity index (χ0n) is 11.2. The molecular formula is C16H19NO2. The van der Waals surface area contributed by atoms with Crippen LogP contribution in [0.5, 0.6) is 0 Å². The lowest BCUT2D eigenvalue weighted by molar-refractivity contribution is 0.185. The van der Waals surface area contributed by atoms with Crippen molar-refractivity contribution in [1.29, 1.82) is 0 Å². The Kier molecular flexibility index (Phi) is 3.56. The van der Waals surface area contributed by atoms with Gasteiger partial charge in [0.05, 0.1) is 18.9 Å². The summed E-state index contributed by atoms with van der Waals surface area (Å²) in [5.74, 6) is 1.13. The van der Waals surface area contributed by atoms with Gasteiger partial charge in [-0.25, -0.2) is 0 Å². The maximum absolute atomic E-state index is 5.54. The normalized spacial score (nSPS) is 18.1. The fraction of sp³-hybridized carbons (Fsp3) is 0.375. The summed E-state index contributed by atoms with van der Waals surface area (Å²) in [6.07, 6.45) is 5.17. The molecular weight excluding hydrogens is 238 g/mol. The maximum atomic E-state index is 5.54. The highest BCUT2D eigenvalue weighted by atomic mass is 16.5. The summed E-state index contributed by atoms with van der Waals surface area (Å²) in [4.78, 5) is 0. The molecule has 1 aromatic carbocycles. The van der Waals surface area contributed by atoms with Gasteiger partial charge in [0.2, 0.25) is 0 Å². The SMILES string of the molecule is COCc1ccccc1NC1CCCc2occc21. The van der Waals surface area contributed by atoms with E-state index in [1.807, 2.05) is 6.07 Å². The quantitative estimate of drug-likeness (QED) is 0.901. The van der Waals surface area contributed by atoms with Gasteiger partial charge in [0.25, 0.3) is 0 Å². The van der Waals surface area contributed by atoms with Gasteiger partial charge in [-0.15, -0.1) is 0 Å². The number of aryl methyl sites for hydroxylation is 1. The second-order valence-electron chi connectivity index (χ2n) is 4.98. The van der Waals surface area contributed by atoms with Gasteiger partial charge < -0.3 is 14.5 Å². The Morgan fingerprint density at radius 1 is 1.32 bits per heavy atom. The van der Waals surface area contributed by atoms with Gasteiger partial charge in [0.15, 0.2) is 0 Å². The molecule has 0 amide bonds. The van der Waals surface area contributed by atoms with Crippen molar-refractivity contribution >= 4 is 5.69 Å². The summed E-state index contributed by atoms with van der Waals surface area (Å²) in [6.45, 7) is 0.633. The smallest absolute Gasteiger partial charge is 0.109 e. The molecule has 1 aromatic heterocycles.